The summed E-state index contributed by atoms with van der Waals surface area (Å²) in [5, 5.41) is 0.678. The average Bonchev–Trinajstić information content (AvgIpc) is 3.61. The van der Waals surface area contributed by atoms with Crippen molar-refractivity contribution in [2.45, 2.75) is 31.2 Å². The minimum Gasteiger partial charge on any atom is -0.467 e. The van der Waals surface area contributed by atoms with Crippen LogP contribution in [-0.2, 0) is 5.54 Å². The van der Waals surface area contributed by atoms with E-state index in [2.05, 4.69) is 9.97 Å². The van der Waals surface area contributed by atoms with Gasteiger partial charge in [-0.25, -0.2) is 4.39 Å². The van der Waals surface area contributed by atoms with Gasteiger partial charge in [-0.15, -0.1) is 0 Å². The second kappa shape index (κ2) is 7.77. The number of amides is 1. The van der Waals surface area contributed by atoms with Crippen molar-refractivity contribution in [1.29, 1.82) is 0 Å². The van der Waals surface area contributed by atoms with Gasteiger partial charge in [0.15, 0.2) is 0 Å². The van der Waals surface area contributed by atoms with Gasteiger partial charge in [0.25, 0.3) is 5.91 Å². The number of hydrogen-bond donors (Lipinski definition) is 2. The largest absolute Gasteiger partial charge is 0.467 e. The van der Waals surface area contributed by atoms with Gasteiger partial charge < -0.3 is 21.1 Å². The summed E-state index contributed by atoms with van der Waals surface area (Å²) in [5.41, 5.74) is 13.6. The molecule has 0 aliphatic heterocycles. The first kappa shape index (κ1) is 21.0. The number of ether oxygens (including phenoxy) is 1. The number of likely N-dealkylation sites (N-methyl/N-ethyl adjacent to an activating group) is 1. The van der Waals surface area contributed by atoms with Crippen LogP contribution < -0.4 is 21.1 Å². The summed E-state index contributed by atoms with van der Waals surface area (Å²) in [6, 6.07) is 10.3. The third-order valence-corrected chi connectivity index (χ3v) is 6.18. The molecular weight excluding hydrogens is 397 g/mol. The number of aromatic nitrogens is 2. The molecule has 0 bridgehead atoms. The minimum atomic E-state index is -0.781. The third-order valence-electron chi connectivity index (χ3n) is 6.18. The highest BCUT2D eigenvalue weighted by Gasteiger charge is 2.34. The molecule has 8 heteroatoms. The van der Waals surface area contributed by atoms with Crippen LogP contribution in [0.4, 0.5) is 10.2 Å². The standard InChI is InChI=1S/C23H26FN5O2/c1-23(12-25,15-5-4-6-16(24)11-15)29(2)21-18-10-14(13-7-8-13)9-17(20(26)30)19(18)27-22(28-21)31-3/h4-6,9-11,13H,7-8,12,25H2,1-3H3,(H2,26,30). The molecule has 0 radical (unpaired) electrons. The lowest BCUT2D eigenvalue weighted by molar-refractivity contribution is 0.100. The van der Waals surface area contributed by atoms with E-state index < -0.39 is 11.4 Å². The van der Waals surface area contributed by atoms with Crippen molar-refractivity contribution in [3.8, 4) is 6.01 Å². The fourth-order valence-corrected chi connectivity index (χ4v) is 3.91. The zero-order valence-electron chi connectivity index (χ0n) is 17.9. The number of primary amides is 1. The van der Waals surface area contributed by atoms with Gasteiger partial charge in [-0.1, -0.05) is 12.1 Å². The maximum atomic E-state index is 14.0. The summed E-state index contributed by atoms with van der Waals surface area (Å²) in [6.07, 6.45) is 2.13. The molecule has 1 fully saturated rings. The first-order valence-electron chi connectivity index (χ1n) is 10.2. The third kappa shape index (κ3) is 3.67. The molecule has 7 nitrogen and oxygen atoms in total. The number of rotatable bonds is 7. The number of methoxy groups -OCH3 is 1. The highest BCUT2D eigenvalue weighted by Crippen LogP contribution is 2.43. The lowest BCUT2D eigenvalue weighted by atomic mass is 9.89. The van der Waals surface area contributed by atoms with Crippen LogP contribution in [0.25, 0.3) is 10.9 Å². The predicted octanol–water partition coefficient (Wildman–Crippen LogP) is 3.06. The maximum absolute atomic E-state index is 14.0. The lowest BCUT2D eigenvalue weighted by Crippen LogP contribution is -2.47. The van der Waals surface area contributed by atoms with E-state index in [-0.39, 0.29) is 18.4 Å². The number of fused-ring (bicyclic) bond motifs is 1. The summed E-state index contributed by atoms with van der Waals surface area (Å²) in [7, 11) is 3.30. The Balaban J connectivity index is 1.97. The Morgan fingerprint density at radius 2 is 2.03 bits per heavy atom. The van der Waals surface area contributed by atoms with Gasteiger partial charge in [0.2, 0.25) is 0 Å². The van der Waals surface area contributed by atoms with Gasteiger partial charge in [0, 0.05) is 19.0 Å². The molecule has 1 saturated carbocycles. The summed E-state index contributed by atoms with van der Waals surface area (Å²) in [4.78, 5) is 23.1. The van der Waals surface area contributed by atoms with Crippen molar-refractivity contribution in [1.82, 2.24) is 9.97 Å². The van der Waals surface area contributed by atoms with E-state index in [1.165, 1.54) is 19.2 Å². The Kier molecular flexibility index (Phi) is 5.26. The summed E-state index contributed by atoms with van der Waals surface area (Å²) in [5.74, 6) is 0.0206. The van der Waals surface area contributed by atoms with Crippen molar-refractivity contribution in [2.24, 2.45) is 11.5 Å². The van der Waals surface area contributed by atoms with E-state index in [1.54, 1.807) is 6.07 Å². The molecule has 1 unspecified atom stereocenters. The van der Waals surface area contributed by atoms with Crippen molar-refractivity contribution >= 4 is 22.6 Å². The minimum absolute atomic E-state index is 0.106. The Morgan fingerprint density at radius 3 is 2.61 bits per heavy atom. The lowest BCUT2D eigenvalue weighted by Gasteiger charge is -2.40. The van der Waals surface area contributed by atoms with Crippen molar-refractivity contribution in [3.63, 3.8) is 0 Å². The van der Waals surface area contributed by atoms with Gasteiger partial charge >= 0.3 is 6.01 Å². The highest BCUT2D eigenvalue weighted by atomic mass is 19.1. The molecule has 4 rings (SSSR count). The number of hydrogen-bond acceptors (Lipinski definition) is 6. The number of halogens is 1. The Morgan fingerprint density at radius 1 is 1.29 bits per heavy atom. The van der Waals surface area contributed by atoms with Crippen molar-refractivity contribution in [2.75, 3.05) is 25.6 Å². The first-order chi connectivity index (χ1) is 14.8. The second-order valence-electron chi connectivity index (χ2n) is 8.18. The molecule has 162 valence electrons. The Labute approximate surface area is 180 Å². The molecule has 1 aliphatic carbocycles. The van der Waals surface area contributed by atoms with Gasteiger partial charge in [0.05, 0.1) is 23.7 Å². The van der Waals surface area contributed by atoms with Crippen LogP contribution in [0, 0.1) is 5.82 Å². The number of carbonyl (C=O) groups is 1. The van der Waals surface area contributed by atoms with Crippen LogP contribution >= 0.6 is 0 Å². The van der Waals surface area contributed by atoms with Crippen LogP contribution in [-0.4, -0.2) is 36.6 Å². The number of anilines is 1. The Hall–Kier alpha value is -3.26. The SMILES string of the molecule is COc1nc(N(C)C(C)(CN)c2cccc(F)c2)c2cc(C3CC3)cc(C(N)=O)c2n1. The summed E-state index contributed by atoms with van der Waals surface area (Å²) in [6.45, 7) is 2.12. The van der Waals surface area contributed by atoms with E-state index in [9.17, 15) is 9.18 Å². The monoisotopic (exact) mass is 423 g/mol. The quantitative estimate of drug-likeness (QED) is 0.605. The topological polar surface area (TPSA) is 107 Å². The smallest absolute Gasteiger partial charge is 0.318 e. The van der Waals surface area contributed by atoms with E-state index in [4.69, 9.17) is 16.2 Å². The molecule has 0 saturated heterocycles. The van der Waals surface area contributed by atoms with Crippen LogP contribution in [0.1, 0.15) is 47.2 Å². The molecule has 1 amide bonds. The van der Waals surface area contributed by atoms with E-state index >= 15 is 0 Å². The van der Waals surface area contributed by atoms with Gasteiger partial charge in [0.1, 0.15) is 11.6 Å². The van der Waals surface area contributed by atoms with Crippen LogP contribution in [0.15, 0.2) is 36.4 Å². The summed E-state index contributed by atoms with van der Waals surface area (Å²) < 4.78 is 19.3. The zero-order valence-corrected chi connectivity index (χ0v) is 17.9. The first-order valence-corrected chi connectivity index (χ1v) is 10.2. The Bertz CT molecular complexity index is 1160. The zero-order chi connectivity index (χ0) is 22.3. The summed E-state index contributed by atoms with van der Waals surface area (Å²) >= 11 is 0. The van der Waals surface area contributed by atoms with Crippen LogP contribution in [0.2, 0.25) is 0 Å². The molecular formula is C23H26FN5O2. The number of carbonyl (C=O) groups excluding carboxylic acids is 1. The predicted molar refractivity (Wildman–Crippen MR) is 118 cm³/mol. The molecule has 1 aliphatic rings. The van der Waals surface area contributed by atoms with Gasteiger partial charge in [-0.05, 0) is 61.1 Å². The molecule has 1 aromatic heterocycles. The van der Waals surface area contributed by atoms with Crippen molar-refractivity contribution in [3.05, 3.63) is 58.9 Å². The van der Waals surface area contributed by atoms with E-state index in [0.717, 1.165) is 18.4 Å². The fraction of sp³-hybridized carbons (Fsp3) is 0.348. The molecule has 0 spiro atoms. The molecule has 1 heterocycles. The van der Waals surface area contributed by atoms with Gasteiger partial charge in [-0.2, -0.15) is 9.97 Å². The molecule has 1 atom stereocenters. The number of nitrogens with two attached hydrogens (primary N) is 2. The molecule has 31 heavy (non-hydrogen) atoms. The van der Waals surface area contributed by atoms with Gasteiger partial charge in [-0.3, -0.25) is 4.79 Å². The van der Waals surface area contributed by atoms with E-state index in [0.29, 0.717) is 33.8 Å². The number of benzene rings is 2. The van der Waals surface area contributed by atoms with E-state index in [1.807, 2.05) is 37.1 Å². The molecule has 4 N–H and O–H groups in total. The maximum Gasteiger partial charge on any atom is 0.318 e. The normalized spacial score (nSPS) is 15.5. The van der Waals surface area contributed by atoms with Crippen LogP contribution in [0.3, 0.4) is 0 Å². The molecule has 3 aromatic rings. The molecule has 2 aromatic carbocycles. The number of nitrogens with zero attached hydrogens (tertiary/aromatic N) is 3. The second-order valence-corrected chi connectivity index (χ2v) is 8.18. The fourth-order valence-electron chi connectivity index (χ4n) is 3.91. The highest BCUT2D eigenvalue weighted by molar-refractivity contribution is 6.07. The van der Waals surface area contributed by atoms with Crippen molar-refractivity contribution < 1.29 is 13.9 Å². The average molecular weight is 423 g/mol. The van der Waals surface area contributed by atoms with Crippen LogP contribution in [0.5, 0.6) is 6.01 Å².